The average molecular weight is 646 g/mol. The minimum absolute atomic E-state index is 0. The molecule has 0 saturated heterocycles. The van der Waals surface area contributed by atoms with E-state index in [2.05, 4.69) is 21.2 Å². The Kier molecular flexibility index (Phi) is 9.74. The minimum Gasteiger partial charge on any atom is -0.459 e. The van der Waals surface area contributed by atoms with Crippen molar-refractivity contribution in [2.75, 3.05) is 27.0 Å². The second kappa shape index (κ2) is 11.9. The fourth-order valence-electron chi connectivity index (χ4n) is 3.43. The molecule has 0 spiro atoms. The van der Waals surface area contributed by atoms with E-state index in [1.807, 2.05) is 0 Å². The van der Waals surface area contributed by atoms with Gasteiger partial charge in [-0.2, -0.15) is 0 Å². The number of nitrogens with one attached hydrogen (secondary N) is 2. The normalized spacial score (nSPS) is 14.3. The Morgan fingerprint density at radius 2 is 1.92 bits per heavy atom. The minimum atomic E-state index is -0.712. The third-order valence-corrected chi connectivity index (χ3v) is 6.45. The van der Waals surface area contributed by atoms with Crippen molar-refractivity contribution in [2.24, 2.45) is 5.73 Å². The summed E-state index contributed by atoms with van der Waals surface area (Å²) in [7, 11) is 0. The maximum absolute atomic E-state index is 13.1. The quantitative estimate of drug-likeness (QED) is 0.0989. The van der Waals surface area contributed by atoms with Crippen LogP contribution in [0.25, 0.3) is 0 Å². The number of nitrogens with zero attached hydrogens (tertiary/aromatic N) is 3. The molecule has 0 fully saturated rings. The molecule has 2 aromatic rings. The number of non-ortho nitro benzene ring substituents is 1. The number of guanidine groups is 1. The number of hydrogen-bond acceptors (Lipinski definition) is 8. The summed E-state index contributed by atoms with van der Waals surface area (Å²) in [4.78, 5) is 40.4. The van der Waals surface area contributed by atoms with Crippen molar-refractivity contribution in [2.45, 2.75) is 36.8 Å². The van der Waals surface area contributed by atoms with Crippen LogP contribution in [0.2, 0.25) is 0 Å². The molecule has 194 valence electrons. The molecular formula is C22H26Br2N6O5S. The molecule has 1 aliphatic rings. The first-order chi connectivity index (χ1) is 16.4. The van der Waals surface area contributed by atoms with Gasteiger partial charge in [-0.25, -0.2) is 0 Å². The highest BCUT2D eigenvalue weighted by Crippen LogP contribution is 2.47. The Labute approximate surface area is 231 Å². The van der Waals surface area contributed by atoms with Crippen molar-refractivity contribution in [3.63, 3.8) is 0 Å². The number of amides is 1. The third kappa shape index (κ3) is 7.11. The molecule has 1 atom stereocenters. The van der Waals surface area contributed by atoms with Crippen molar-refractivity contribution >= 4 is 85.3 Å². The lowest BCUT2D eigenvalue weighted by molar-refractivity contribution is -0.385. The van der Waals surface area contributed by atoms with E-state index in [1.165, 1.54) is 28.8 Å². The molecule has 0 bridgehead atoms. The molecule has 1 amide bonds. The second-order valence-corrected chi connectivity index (χ2v) is 10.2. The zero-order chi connectivity index (χ0) is 25.9. The van der Waals surface area contributed by atoms with Gasteiger partial charge >= 0.3 is 5.97 Å². The van der Waals surface area contributed by atoms with Gasteiger partial charge in [0, 0.05) is 28.4 Å². The number of carbonyl (C=O) groups is 2. The van der Waals surface area contributed by atoms with Crippen molar-refractivity contribution in [3.8, 4) is 0 Å². The SMILES string of the molecule is Br.CC(C)(C)OC(=O)CN1c2ccc([N+](=O)[O-])cc2SC1N(C(=O)CBr)c1ccc(NC(=N)N)cc1. The van der Waals surface area contributed by atoms with Crippen LogP contribution >= 0.6 is 44.7 Å². The monoisotopic (exact) mass is 644 g/mol. The summed E-state index contributed by atoms with van der Waals surface area (Å²) in [6.07, 6.45) is 0. The van der Waals surface area contributed by atoms with E-state index in [-0.39, 0.29) is 46.4 Å². The Balaban J connectivity index is 0.00000456. The summed E-state index contributed by atoms with van der Waals surface area (Å²) in [5.41, 5.74) is 5.55. The van der Waals surface area contributed by atoms with E-state index in [9.17, 15) is 19.7 Å². The van der Waals surface area contributed by atoms with Crippen LogP contribution in [0.1, 0.15) is 20.8 Å². The number of nitrogens with two attached hydrogens (primary N) is 1. The lowest BCUT2D eigenvalue weighted by atomic mass is 10.2. The van der Waals surface area contributed by atoms with Crippen molar-refractivity contribution in [1.82, 2.24) is 0 Å². The van der Waals surface area contributed by atoms with Crippen molar-refractivity contribution in [1.29, 1.82) is 5.41 Å². The Hall–Kier alpha value is -2.84. The summed E-state index contributed by atoms with van der Waals surface area (Å²) in [5, 5.41) is 21.4. The predicted octanol–water partition coefficient (Wildman–Crippen LogP) is 4.44. The fraction of sp³-hybridized carbons (Fsp3) is 0.318. The van der Waals surface area contributed by atoms with Gasteiger partial charge in [0.25, 0.3) is 5.69 Å². The van der Waals surface area contributed by atoms with Gasteiger partial charge in [0.15, 0.2) is 11.5 Å². The first kappa shape index (κ1) is 29.4. The highest BCUT2D eigenvalue weighted by Gasteiger charge is 2.40. The highest BCUT2D eigenvalue weighted by atomic mass is 79.9. The second-order valence-electron chi connectivity index (χ2n) is 8.55. The maximum Gasteiger partial charge on any atom is 0.326 e. The number of benzene rings is 2. The molecule has 36 heavy (non-hydrogen) atoms. The highest BCUT2D eigenvalue weighted by molar-refractivity contribution is 9.09. The van der Waals surface area contributed by atoms with Crippen LogP contribution in [0.5, 0.6) is 0 Å². The number of hydrogen-bond donors (Lipinski definition) is 3. The van der Waals surface area contributed by atoms with Crippen molar-refractivity contribution in [3.05, 3.63) is 52.6 Å². The van der Waals surface area contributed by atoms with Gasteiger partial charge in [-0.15, -0.1) is 17.0 Å². The van der Waals surface area contributed by atoms with Gasteiger partial charge in [0.05, 0.1) is 15.9 Å². The topological polar surface area (TPSA) is 155 Å². The summed E-state index contributed by atoms with van der Waals surface area (Å²) in [6.45, 7) is 5.11. The van der Waals surface area contributed by atoms with Gasteiger partial charge in [-0.1, -0.05) is 27.7 Å². The molecule has 3 rings (SSSR count). The number of fused-ring (bicyclic) bond motifs is 1. The number of halogens is 2. The van der Waals surface area contributed by atoms with E-state index in [0.29, 0.717) is 22.0 Å². The number of carbonyl (C=O) groups excluding carboxylic acids is 2. The summed E-state index contributed by atoms with van der Waals surface area (Å²) in [5.74, 6) is -1.01. The number of esters is 1. The molecule has 0 aromatic heterocycles. The lowest BCUT2D eigenvalue weighted by Crippen LogP contribution is -2.50. The van der Waals surface area contributed by atoms with Crippen LogP contribution in [0.4, 0.5) is 22.7 Å². The van der Waals surface area contributed by atoms with Crippen LogP contribution < -0.4 is 20.9 Å². The smallest absolute Gasteiger partial charge is 0.326 e. The fourth-order valence-corrected chi connectivity index (χ4v) is 5.08. The van der Waals surface area contributed by atoms with Crippen LogP contribution in [0, 0.1) is 15.5 Å². The van der Waals surface area contributed by atoms with Gasteiger partial charge in [0.1, 0.15) is 12.1 Å². The first-order valence-electron chi connectivity index (χ1n) is 10.4. The van der Waals surface area contributed by atoms with E-state index >= 15 is 0 Å². The Bertz CT molecular complexity index is 1160. The van der Waals surface area contributed by atoms with Gasteiger partial charge in [0.2, 0.25) is 5.91 Å². The van der Waals surface area contributed by atoms with Gasteiger partial charge in [-0.3, -0.25) is 30.0 Å². The van der Waals surface area contributed by atoms with E-state index in [4.69, 9.17) is 15.9 Å². The zero-order valence-electron chi connectivity index (χ0n) is 19.7. The number of nitro groups is 1. The van der Waals surface area contributed by atoms with Crippen LogP contribution in [-0.2, 0) is 14.3 Å². The van der Waals surface area contributed by atoms with E-state index in [0.717, 1.165) is 0 Å². The lowest BCUT2D eigenvalue weighted by Gasteiger charge is -2.35. The van der Waals surface area contributed by atoms with Crippen LogP contribution in [0.3, 0.4) is 0 Å². The third-order valence-electron chi connectivity index (χ3n) is 4.71. The number of nitro benzene ring substituents is 1. The molecular weight excluding hydrogens is 620 g/mol. The Morgan fingerprint density at radius 1 is 1.28 bits per heavy atom. The number of alkyl halides is 1. The molecule has 2 aromatic carbocycles. The summed E-state index contributed by atoms with van der Waals surface area (Å²) in [6, 6.07) is 11.1. The standard InChI is InChI=1S/C22H25BrN6O5S.BrH/c1-22(2,3)34-19(31)12-27-16-9-8-15(29(32)33)10-17(16)35-21(27)28(18(30)11-23)14-6-4-13(5-7-14)26-20(24)25;/h4-10,21H,11-12H2,1-3H3,(H4,24,25,26);1H. The molecule has 4 N–H and O–H groups in total. The van der Waals surface area contributed by atoms with Crippen LogP contribution in [0.15, 0.2) is 47.4 Å². The molecule has 1 aliphatic heterocycles. The molecule has 14 heteroatoms. The molecule has 0 radical (unpaired) electrons. The molecule has 1 unspecified atom stereocenters. The summed E-state index contributed by atoms with van der Waals surface area (Å²) >= 11 is 4.45. The molecule has 0 saturated carbocycles. The number of anilines is 3. The first-order valence-corrected chi connectivity index (χ1v) is 12.4. The molecule has 0 aliphatic carbocycles. The number of thioether (sulfide) groups is 1. The number of ether oxygens (including phenoxy) is 1. The Morgan fingerprint density at radius 3 is 2.44 bits per heavy atom. The molecule has 1 heterocycles. The van der Waals surface area contributed by atoms with E-state index < -0.39 is 22.0 Å². The average Bonchev–Trinajstić information content (AvgIpc) is 3.10. The maximum atomic E-state index is 13.1. The molecule has 11 nitrogen and oxygen atoms in total. The predicted molar refractivity (Wildman–Crippen MR) is 150 cm³/mol. The zero-order valence-corrected chi connectivity index (χ0v) is 23.8. The van der Waals surface area contributed by atoms with Gasteiger partial charge in [-0.05, 0) is 51.1 Å². The largest absolute Gasteiger partial charge is 0.459 e. The van der Waals surface area contributed by atoms with E-state index in [1.54, 1.807) is 56.0 Å². The van der Waals surface area contributed by atoms with Crippen molar-refractivity contribution < 1.29 is 19.2 Å². The summed E-state index contributed by atoms with van der Waals surface area (Å²) < 4.78 is 5.50. The van der Waals surface area contributed by atoms with Gasteiger partial charge < -0.3 is 20.7 Å². The van der Waals surface area contributed by atoms with Crippen LogP contribution in [-0.4, -0.2) is 45.7 Å². The number of rotatable bonds is 7.